The number of aryl methyl sites for hydroxylation is 1. The first-order valence-corrected chi connectivity index (χ1v) is 8.30. The van der Waals surface area contributed by atoms with Crippen LogP contribution in [-0.4, -0.2) is 34.0 Å². The summed E-state index contributed by atoms with van der Waals surface area (Å²) in [6.45, 7) is 2.69. The van der Waals surface area contributed by atoms with Crippen molar-refractivity contribution in [3.05, 3.63) is 70.9 Å². The van der Waals surface area contributed by atoms with Gasteiger partial charge in [-0.1, -0.05) is 36.4 Å². The molecular formula is C20H20N2O2. The normalized spacial score (nSPS) is 16.8. The highest BCUT2D eigenvalue weighted by atomic mass is 16.3. The molecule has 122 valence electrons. The maximum absolute atomic E-state index is 12.9. The zero-order chi connectivity index (χ0) is 16.7. The minimum Gasteiger partial charge on any atom is -0.396 e. The number of nitrogens with one attached hydrogen (secondary N) is 1. The lowest BCUT2D eigenvalue weighted by Crippen LogP contribution is -2.30. The van der Waals surface area contributed by atoms with Crippen molar-refractivity contribution in [3.63, 3.8) is 0 Å². The van der Waals surface area contributed by atoms with E-state index in [0.717, 1.165) is 33.3 Å². The summed E-state index contributed by atoms with van der Waals surface area (Å²) in [5.74, 6) is 0.0498. The molecule has 0 saturated carbocycles. The molecule has 1 atom stereocenters. The molecule has 4 nitrogen and oxygen atoms in total. The Labute approximate surface area is 140 Å². The van der Waals surface area contributed by atoms with Crippen LogP contribution in [0.2, 0.25) is 0 Å². The molecule has 0 bridgehead atoms. The van der Waals surface area contributed by atoms with E-state index in [1.807, 2.05) is 41.3 Å². The third kappa shape index (κ3) is 2.14. The maximum atomic E-state index is 12.9. The van der Waals surface area contributed by atoms with Crippen molar-refractivity contribution in [3.8, 4) is 0 Å². The fourth-order valence-electron chi connectivity index (χ4n) is 3.80. The van der Waals surface area contributed by atoms with Gasteiger partial charge in [0.25, 0.3) is 5.91 Å². The average molecular weight is 320 g/mol. The molecule has 0 aliphatic carbocycles. The monoisotopic (exact) mass is 320 g/mol. The van der Waals surface area contributed by atoms with Crippen LogP contribution in [0.25, 0.3) is 10.9 Å². The Morgan fingerprint density at radius 1 is 1.12 bits per heavy atom. The predicted molar refractivity (Wildman–Crippen MR) is 94.1 cm³/mol. The largest absolute Gasteiger partial charge is 0.396 e. The van der Waals surface area contributed by atoms with Crippen LogP contribution in [0.4, 0.5) is 0 Å². The minimum absolute atomic E-state index is 0.0498. The van der Waals surface area contributed by atoms with Crippen molar-refractivity contribution in [1.29, 1.82) is 0 Å². The number of carbonyl (C=O) groups is 1. The first kappa shape index (κ1) is 15.0. The Morgan fingerprint density at radius 2 is 1.88 bits per heavy atom. The topological polar surface area (TPSA) is 56.3 Å². The van der Waals surface area contributed by atoms with Gasteiger partial charge in [-0.25, -0.2) is 0 Å². The van der Waals surface area contributed by atoms with Gasteiger partial charge < -0.3 is 15.0 Å². The van der Waals surface area contributed by atoms with Crippen LogP contribution in [0.5, 0.6) is 0 Å². The molecule has 1 aliphatic heterocycles. The molecule has 2 heterocycles. The van der Waals surface area contributed by atoms with E-state index in [0.29, 0.717) is 13.0 Å². The number of fused-ring (bicyclic) bond motifs is 2. The van der Waals surface area contributed by atoms with E-state index in [-0.39, 0.29) is 18.6 Å². The Balaban J connectivity index is 1.92. The maximum Gasteiger partial charge on any atom is 0.255 e. The summed E-state index contributed by atoms with van der Waals surface area (Å²) in [6.07, 6.45) is 0.581. The number of aliphatic hydroxyl groups is 1. The van der Waals surface area contributed by atoms with Gasteiger partial charge in [0.15, 0.2) is 0 Å². The number of carbonyl (C=O) groups excluding carboxylic acids is 1. The number of aliphatic hydroxyl groups excluding tert-OH is 1. The lowest BCUT2D eigenvalue weighted by Gasteiger charge is -2.26. The Kier molecular flexibility index (Phi) is 3.62. The smallest absolute Gasteiger partial charge is 0.255 e. The van der Waals surface area contributed by atoms with Crippen molar-refractivity contribution in [2.75, 3.05) is 13.2 Å². The van der Waals surface area contributed by atoms with E-state index in [4.69, 9.17) is 0 Å². The molecule has 0 unspecified atom stereocenters. The second-order valence-corrected chi connectivity index (χ2v) is 6.27. The summed E-state index contributed by atoms with van der Waals surface area (Å²) in [5.41, 5.74) is 5.14. The summed E-state index contributed by atoms with van der Waals surface area (Å²) in [6, 6.07) is 15.9. The van der Waals surface area contributed by atoms with Gasteiger partial charge in [0, 0.05) is 40.9 Å². The summed E-state index contributed by atoms with van der Waals surface area (Å²) >= 11 is 0. The van der Waals surface area contributed by atoms with Crippen molar-refractivity contribution >= 4 is 16.8 Å². The van der Waals surface area contributed by atoms with Gasteiger partial charge in [-0.2, -0.15) is 0 Å². The number of amides is 1. The molecule has 24 heavy (non-hydrogen) atoms. The first-order chi connectivity index (χ1) is 11.7. The van der Waals surface area contributed by atoms with Gasteiger partial charge in [0.2, 0.25) is 0 Å². The predicted octanol–water partition coefficient (Wildman–Crippen LogP) is 3.40. The molecule has 4 heteroatoms. The molecule has 4 rings (SSSR count). The number of hydrogen-bond donors (Lipinski definition) is 2. The number of aromatic amines is 1. The number of para-hydroxylation sites is 1. The molecule has 0 fully saturated rings. The summed E-state index contributed by atoms with van der Waals surface area (Å²) in [7, 11) is 0. The zero-order valence-electron chi connectivity index (χ0n) is 13.6. The summed E-state index contributed by atoms with van der Waals surface area (Å²) < 4.78 is 0. The van der Waals surface area contributed by atoms with Crippen molar-refractivity contribution in [2.24, 2.45) is 0 Å². The number of benzene rings is 2. The van der Waals surface area contributed by atoms with Gasteiger partial charge in [-0.15, -0.1) is 0 Å². The van der Waals surface area contributed by atoms with Crippen LogP contribution in [0.1, 0.15) is 39.6 Å². The van der Waals surface area contributed by atoms with Gasteiger partial charge >= 0.3 is 0 Å². The molecule has 1 amide bonds. The van der Waals surface area contributed by atoms with E-state index in [1.54, 1.807) is 0 Å². The number of nitrogens with zero attached hydrogens (tertiary/aromatic N) is 1. The molecule has 0 radical (unpaired) electrons. The SMILES string of the molecule is Cc1[nH]c2ccccc2c1[C@H]1c2ccccc2C(=O)N1CCCO. The number of rotatable bonds is 4. The molecule has 2 aromatic carbocycles. The van der Waals surface area contributed by atoms with E-state index in [9.17, 15) is 9.90 Å². The van der Waals surface area contributed by atoms with Crippen LogP contribution in [0.15, 0.2) is 48.5 Å². The zero-order valence-corrected chi connectivity index (χ0v) is 13.6. The summed E-state index contributed by atoms with van der Waals surface area (Å²) in [4.78, 5) is 18.2. The molecule has 2 N–H and O–H groups in total. The number of H-pyrrole nitrogens is 1. The van der Waals surface area contributed by atoms with E-state index >= 15 is 0 Å². The fourth-order valence-corrected chi connectivity index (χ4v) is 3.80. The van der Waals surface area contributed by atoms with Gasteiger partial charge in [-0.3, -0.25) is 4.79 Å². The first-order valence-electron chi connectivity index (χ1n) is 8.30. The highest BCUT2D eigenvalue weighted by Gasteiger charge is 2.38. The van der Waals surface area contributed by atoms with Crippen molar-refractivity contribution < 1.29 is 9.90 Å². The average Bonchev–Trinajstić information content (AvgIpc) is 3.07. The Hall–Kier alpha value is -2.59. The quantitative estimate of drug-likeness (QED) is 0.774. The van der Waals surface area contributed by atoms with E-state index in [2.05, 4.69) is 24.0 Å². The van der Waals surface area contributed by atoms with Crippen molar-refractivity contribution in [1.82, 2.24) is 9.88 Å². The van der Waals surface area contributed by atoms with Crippen LogP contribution in [0, 0.1) is 6.92 Å². The Bertz CT molecular complexity index is 913. The molecule has 3 aromatic rings. The van der Waals surface area contributed by atoms with Gasteiger partial charge in [0.05, 0.1) is 6.04 Å². The molecule has 1 aliphatic rings. The summed E-state index contributed by atoms with van der Waals surface area (Å²) in [5, 5.41) is 10.4. The molecule has 0 spiro atoms. The lowest BCUT2D eigenvalue weighted by molar-refractivity contribution is 0.0738. The second-order valence-electron chi connectivity index (χ2n) is 6.27. The van der Waals surface area contributed by atoms with Crippen molar-refractivity contribution in [2.45, 2.75) is 19.4 Å². The van der Waals surface area contributed by atoms with Gasteiger partial charge in [0.1, 0.15) is 0 Å². The van der Waals surface area contributed by atoms with Crippen LogP contribution in [0.3, 0.4) is 0 Å². The highest BCUT2D eigenvalue weighted by molar-refractivity contribution is 6.01. The van der Waals surface area contributed by atoms with Crippen LogP contribution >= 0.6 is 0 Å². The van der Waals surface area contributed by atoms with E-state index in [1.165, 1.54) is 0 Å². The van der Waals surface area contributed by atoms with Crippen LogP contribution < -0.4 is 0 Å². The number of hydrogen-bond acceptors (Lipinski definition) is 2. The minimum atomic E-state index is -0.101. The van der Waals surface area contributed by atoms with Crippen LogP contribution in [-0.2, 0) is 0 Å². The molecular weight excluding hydrogens is 300 g/mol. The standard InChI is InChI=1S/C20H20N2O2/c1-13-18(16-9-4-5-10-17(16)21-13)19-14-7-2-3-8-15(14)20(24)22(19)11-6-12-23/h2-5,7-10,19,21,23H,6,11-12H2,1H3/t19-/m1/s1. The molecule has 1 aromatic heterocycles. The molecule has 0 saturated heterocycles. The fraction of sp³-hybridized carbons (Fsp3) is 0.250. The number of aromatic nitrogens is 1. The third-order valence-corrected chi connectivity index (χ3v) is 4.83. The van der Waals surface area contributed by atoms with Gasteiger partial charge in [-0.05, 0) is 31.0 Å². The lowest BCUT2D eigenvalue weighted by atomic mass is 9.95. The van der Waals surface area contributed by atoms with E-state index < -0.39 is 0 Å². The third-order valence-electron chi connectivity index (χ3n) is 4.83. The highest BCUT2D eigenvalue weighted by Crippen LogP contribution is 2.42. The second kappa shape index (κ2) is 5.80. The Morgan fingerprint density at radius 3 is 2.71 bits per heavy atom.